The van der Waals surface area contributed by atoms with Gasteiger partial charge in [0.2, 0.25) is 0 Å². The van der Waals surface area contributed by atoms with Crippen LogP contribution in [0.15, 0.2) is 30.3 Å². The summed E-state index contributed by atoms with van der Waals surface area (Å²) in [4.78, 5) is 23.3. The van der Waals surface area contributed by atoms with Crippen molar-refractivity contribution in [3.8, 4) is 0 Å². The Bertz CT molecular complexity index is 396. The van der Waals surface area contributed by atoms with Crippen LogP contribution in [0.3, 0.4) is 0 Å². The first-order valence-electron chi connectivity index (χ1n) is 5.84. The van der Waals surface area contributed by atoms with E-state index in [0.717, 1.165) is 0 Å². The van der Waals surface area contributed by atoms with E-state index in [1.165, 1.54) is 0 Å². The molecule has 0 saturated heterocycles. The van der Waals surface area contributed by atoms with Gasteiger partial charge in [0, 0.05) is 23.9 Å². The monoisotopic (exact) mass is 233 g/mol. The number of Topliss-reactive ketones (excluding diaryl/α,β-unsaturated/α-hetero) is 1. The van der Waals surface area contributed by atoms with Gasteiger partial charge in [-0.25, -0.2) is 0 Å². The molecule has 0 aliphatic rings. The number of benzene rings is 1. The minimum absolute atomic E-state index is 0.139. The van der Waals surface area contributed by atoms with E-state index < -0.39 is 5.54 Å². The van der Waals surface area contributed by atoms with Gasteiger partial charge in [-0.1, -0.05) is 25.1 Å². The molecule has 0 aromatic heterocycles. The summed E-state index contributed by atoms with van der Waals surface area (Å²) in [6.45, 7) is 5.56. The van der Waals surface area contributed by atoms with Crippen LogP contribution in [0, 0.1) is 0 Å². The van der Waals surface area contributed by atoms with Crippen LogP contribution in [0.4, 0.5) is 0 Å². The highest BCUT2D eigenvalue weighted by Crippen LogP contribution is 2.11. The maximum Gasteiger partial charge on any atom is 0.251 e. The first-order chi connectivity index (χ1) is 7.94. The van der Waals surface area contributed by atoms with E-state index in [9.17, 15) is 9.59 Å². The highest BCUT2D eigenvalue weighted by atomic mass is 16.2. The van der Waals surface area contributed by atoms with Gasteiger partial charge in [-0.05, 0) is 26.0 Å². The van der Waals surface area contributed by atoms with Crippen molar-refractivity contribution in [2.24, 2.45) is 0 Å². The molecule has 0 bridgehead atoms. The van der Waals surface area contributed by atoms with Gasteiger partial charge in [0.05, 0.1) is 0 Å². The number of rotatable bonds is 5. The van der Waals surface area contributed by atoms with Gasteiger partial charge in [-0.15, -0.1) is 0 Å². The second-order valence-electron chi connectivity index (χ2n) is 4.77. The smallest absolute Gasteiger partial charge is 0.251 e. The molecule has 1 aromatic carbocycles. The van der Waals surface area contributed by atoms with Crippen molar-refractivity contribution in [3.05, 3.63) is 35.9 Å². The van der Waals surface area contributed by atoms with Crippen molar-refractivity contribution in [2.75, 3.05) is 0 Å². The molecule has 0 heterocycles. The van der Waals surface area contributed by atoms with Crippen molar-refractivity contribution in [1.82, 2.24) is 5.32 Å². The average molecular weight is 233 g/mol. The molecule has 0 radical (unpaired) electrons. The lowest BCUT2D eigenvalue weighted by molar-refractivity contribution is -0.119. The van der Waals surface area contributed by atoms with Gasteiger partial charge in [0.25, 0.3) is 5.91 Å². The molecule has 0 fully saturated rings. The number of nitrogens with one attached hydrogen (secondary N) is 1. The second kappa shape index (κ2) is 5.62. The molecule has 0 unspecified atom stereocenters. The molecule has 17 heavy (non-hydrogen) atoms. The zero-order valence-electron chi connectivity index (χ0n) is 10.6. The Morgan fingerprint density at radius 1 is 1.18 bits per heavy atom. The fourth-order valence-corrected chi connectivity index (χ4v) is 1.63. The summed E-state index contributed by atoms with van der Waals surface area (Å²) < 4.78 is 0. The highest BCUT2D eigenvalue weighted by molar-refractivity contribution is 5.95. The molecule has 1 N–H and O–H groups in total. The van der Waals surface area contributed by atoms with Crippen molar-refractivity contribution in [3.63, 3.8) is 0 Å². The summed E-state index contributed by atoms with van der Waals surface area (Å²) in [6, 6.07) is 9.01. The van der Waals surface area contributed by atoms with E-state index in [4.69, 9.17) is 0 Å². The molecule has 0 aliphatic heterocycles. The lowest BCUT2D eigenvalue weighted by Gasteiger charge is -2.25. The third-order valence-corrected chi connectivity index (χ3v) is 2.52. The molecule has 1 rings (SSSR count). The summed E-state index contributed by atoms with van der Waals surface area (Å²) in [7, 11) is 0. The van der Waals surface area contributed by atoms with Crippen LogP contribution in [0.2, 0.25) is 0 Å². The maximum atomic E-state index is 11.9. The number of carbonyl (C=O) groups is 2. The summed E-state index contributed by atoms with van der Waals surface area (Å²) in [5.41, 5.74) is 0.115. The van der Waals surface area contributed by atoms with E-state index in [2.05, 4.69) is 5.32 Å². The molecule has 1 aromatic rings. The maximum absolute atomic E-state index is 11.9. The van der Waals surface area contributed by atoms with Crippen LogP contribution in [0.1, 0.15) is 44.0 Å². The van der Waals surface area contributed by atoms with Gasteiger partial charge in [0.1, 0.15) is 5.78 Å². The van der Waals surface area contributed by atoms with Crippen molar-refractivity contribution < 1.29 is 9.59 Å². The molecule has 92 valence electrons. The molecule has 3 nitrogen and oxygen atoms in total. The van der Waals surface area contributed by atoms with Crippen LogP contribution >= 0.6 is 0 Å². The molecule has 0 spiro atoms. The zero-order valence-corrected chi connectivity index (χ0v) is 10.6. The van der Waals surface area contributed by atoms with E-state index in [0.29, 0.717) is 18.4 Å². The highest BCUT2D eigenvalue weighted by Gasteiger charge is 2.23. The summed E-state index contributed by atoms with van der Waals surface area (Å²) >= 11 is 0. The van der Waals surface area contributed by atoms with Crippen molar-refractivity contribution in [2.45, 2.75) is 39.2 Å². The molecular formula is C14H19NO2. The Balaban J connectivity index is 2.65. The average Bonchev–Trinajstić information content (AvgIpc) is 2.28. The van der Waals surface area contributed by atoms with E-state index in [1.54, 1.807) is 12.1 Å². The third kappa shape index (κ3) is 4.39. The van der Waals surface area contributed by atoms with Gasteiger partial charge in [-0.2, -0.15) is 0 Å². The standard InChI is InChI=1S/C14H19NO2/c1-4-12(16)10-14(2,3)15-13(17)11-8-6-5-7-9-11/h5-9H,4,10H2,1-3H3,(H,15,17). The number of carbonyl (C=O) groups excluding carboxylic acids is 2. The summed E-state index contributed by atoms with van der Waals surface area (Å²) in [5.74, 6) is 0.0165. The fraction of sp³-hybridized carbons (Fsp3) is 0.429. The Morgan fingerprint density at radius 2 is 1.76 bits per heavy atom. The van der Waals surface area contributed by atoms with E-state index >= 15 is 0 Å². The van der Waals surface area contributed by atoms with E-state index in [-0.39, 0.29) is 11.7 Å². The Labute approximate surface area is 102 Å². The fourth-order valence-electron chi connectivity index (χ4n) is 1.63. The van der Waals surface area contributed by atoms with Gasteiger partial charge in [-0.3, -0.25) is 9.59 Å². The number of hydrogen-bond acceptors (Lipinski definition) is 2. The molecular weight excluding hydrogens is 214 g/mol. The molecule has 0 aliphatic carbocycles. The molecule has 3 heteroatoms. The van der Waals surface area contributed by atoms with Crippen LogP contribution in [-0.2, 0) is 4.79 Å². The predicted molar refractivity (Wildman–Crippen MR) is 67.9 cm³/mol. The summed E-state index contributed by atoms with van der Waals surface area (Å²) in [5, 5.41) is 2.88. The Morgan fingerprint density at radius 3 is 2.29 bits per heavy atom. The molecule has 1 amide bonds. The number of amides is 1. The normalized spacial score (nSPS) is 11.0. The predicted octanol–water partition coefficient (Wildman–Crippen LogP) is 2.56. The van der Waals surface area contributed by atoms with Crippen molar-refractivity contribution in [1.29, 1.82) is 0 Å². The van der Waals surface area contributed by atoms with Crippen LogP contribution in [-0.4, -0.2) is 17.2 Å². The van der Waals surface area contributed by atoms with E-state index in [1.807, 2.05) is 39.0 Å². The van der Waals surface area contributed by atoms with Crippen LogP contribution in [0.25, 0.3) is 0 Å². The van der Waals surface area contributed by atoms with Crippen LogP contribution in [0.5, 0.6) is 0 Å². The quantitative estimate of drug-likeness (QED) is 0.849. The topological polar surface area (TPSA) is 46.2 Å². The summed E-state index contributed by atoms with van der Waals surface area (Å²) in [6.07, 6.45) is 0.868. The van der Waals surface area contributed by atoms with Crippen molar-refractivity contribution >= 4 is 11.7 Å². The van der Waals surface area contributed by atoms with Gasteiger partial charge in [0.15, 0.2) is 0 Å². The Hall–Kier alpha value is -1.64. The first kappa shape index (κ1) is 13.4. The number of hydrogen-bond donors (Lipinski definition) is 1. The van der Waals surface area contributed by atoms with Gasteiger partial charge < -0.3 is 5.32 Å². The number of ketones is 1. The lowest BCUT2D eigenvalue weighted by atomic mass is 9.96. The second-order valence-corrected chi connectivity index (χ2v) is 4.77. The van der Waals surface area contributed by atoms with Gasteiger partial charge >= 0.3 is 0 Å². The Kier molecular flexibility index (Phi) is 4.44. The minimum Gasteiger partial charge on any atom is -0.347 e. The first-order valence-corrected chi connectivity index (χ1v) is 5.84. The minimum atomic E-state index is -0.500. The molecule has 0 saturated carbocycles. The lowest BCUT2D eigenvalue weighted by Crippen LogP contribution is -2.44. The SMILES string of the molecule is CCC(=O)CC(C)(C)NC(=O)c1ccccc1. The zero-order chi connectivity index (χ0) is 12.9. The largest absolute Gasteiger partial charge is 0.347 e. The third-order valence-electron chi connectivity index (χ3n) is 2.52. The molecule has 0 atom stereocenters. The van der Waals surface area contributed by atoms with Crippen LogP contribution < -0.4 is 5.32 Å².